The van der Waals surface area contributed by atoms with Crippen molar-refractivity contribution in [3.05, 3.63) is 58.7 Å². The van der Waals surface area contributed by atoms with Gasteiger partial charge in [-0.25, -0.2) is 0 Å². The summed E-state index contributed by atoms with van der Waals surface area (Å²) in [5.74, 6) is -0.189. The molecule has 2 aromatic carbocycles. The number of amides is 1. The average Bonchev–Trinajstić information content (AvgIpc) is 2.48. The Kier molecular flexibility index (Phi) is 5.34. The summed E-state index contributed by atoms with van der Waals surface area (Å²) in [6, 6.07) is 10.9. The molecular formula is C18H20N2O2S. The van der Waals surface area contributed by atoms with Gasteiger partial charge in [0.25, 0.3) is 5.91 Å². The zero-order valence-electron chi connectivity index (χ0n) is 13.4. The molecule has 0 atom stereocenters. The number of hydrogen-bond donors (Lipinski definition) is 3. The second-order valence-corrected chi connectivity index (χ2v) is 5.90. The molecule has 0 heterocycles. The number of nitrogens with one attached hydrogen (secondary N) is 2. The Labute approximate surface area is 141 Å². The van der Waals surface area contributed by atoms with E-state index < -0.39 is 0 Å². The number of thiocarbonyl (C=S) groups is 1. The molecule has 4 nitrogen and oxygen atoms in total. The van der Waals surface area contributed by atoms with Crippen LogP contribution in [-0.2, 0) is 6.42 Å². The summed E-state index contributed by atoms with van der Waals surface area (Å²) in [7, 11) is 0. The lowest BCUT2D eigenvalue weighted by molar-refractivity contribution is 0.0977. The van der Waals surface area contributed by atoms with Crippen LogP contribution >= 0.6 is 12.2 Å². The summed E-state index contributed by atoms with van der Waals surface area (Å²) in [4.78, 5) is 12.3. The van der Waals surface area contributed by atoms with Crippen LogP contribution in [0.3, 0.4) is 0 Å². The average molecular weight is 328 g/mol. The minimum Gasteiger partial charge on any atom is -0.506 e. The van der Waals surface area contributed by atoms with Gasteiger partial charge in [0.05, 0.1) is 5.69 Å². The van der Waals surface area contributed by atoms with Gasteiger partial charge in [0.2, 0.25) is 0 Å². The predicted molar refractivity (Wildman–Crippen MR) is 97.1 cm³/mol. The first kappa shape index (κ1) is 17.0. The van der Waals surface area contributed by atoms with Gasteiger partial charge in [0, 0.05) is 5.56 Å². The van der Waals surface area contributed by atoms with E-state index in [0.29, 0.717) is 11.3 Å². The largest absolute Gasteiger partial charge is 0.506 e. The fourth-order valence-electron chi connectivity index (χ4n) is 2.34. The molecule has 0 saturated carbocycles. The van der Waals surface area contributed by atoms with Crippen molar-refractivity contribution in [2.45, 2.75) is 27.2 Å². The first-order valence-corrected chi connectivity index (χ1v) is 7.82. The lowest BCUT2D eigenvalue weighted by Gasteiger charge is -2.12. The molecule has 0 aliphatic heterocycles. The van der Waals surface area contributed by atoms with Gasteiger partial charge < -0.3 is 10.4 Å². The van der Waals surface area contributed by atoms with Gasteiger partial charge in [-0.15, -0.1) is 0 Å². The van der Waals surface area contributed by atoms with Gasteiger partial charge in [-0.2, -0.15) is 0 Å². The summed E-state index contributed by atoms with van der Waals surface area (Å²) < 4.78 is 0. The normalized spacial score (nSPS) is 10.2. The molecule has 0 saturated heterocycles. The molecule has 0 aliphatic carbocycles. The summed E-state index contributed by atoms with van der Waals surface area (Å²) in [6.07, 6.45) is 0.844. The Hall–Kier alpha value is -2.40. The minimum absolute atomic E-state index is 0.0881. The number of aromatic hydroxyl groups is 1. The smallest absolute Gasteiger partial charge is 0.257 e. The van der Waals surface area contributed by atoms with E-state index in [0.717, 1.165) is 23.1 Å². The van der Waals surface area contributed by atoms with Gasteiger partial charge in [-0.1, -0.05) is 30.2 Å². The zero-order chi connectivity index (χ0) is 17.0. The van der Waals surface area contributed by atoms with E-state index in [1.165, 1.54) is 0 Å². The van der Waals surface area contributed by atoms with Crippen LogP contribution in [0.15, 0.2) is 36.4 Å². The number of carbonyl (C=O) groups excluding carboxylic acids is 1. The molecule has 0 fully saturated rings. The van der Waals surface area contributed by atoms with Crippen molar-refractivity contribution < 1.29 is 9.90 Å². The molecule has 120 valence electrons. The van der Waals surface area contributed by atoms with Crippen molar-refractivity contribution in [2.24, 2.45) is 0 Å². The van der Waals surface area contributed by atoms with Crippen LogP contribution in [0, 0.1) is 13.8 Å². The molecule has 0 unspecified atom stereocenters. The van der Waals surface area contributed by atoms with E-state index in [4.69, 9.17) is 12.2 Å². The van der Waals surface area contributed by atoms with E-state index in [1.54, 1.807) is 18.2 Å². The first-order valence-electron chi connectivity index (χ1n) is 7.41. The molecule has 5 heteroatoms. The number of benzene rings is 2. The Morgan fingerprint density at radius 2 is 1.78 bits per heavy atom. The van der Waals surface area contributed by atoms with Gasteiger partial charge in [-0.05, 0) is 62.3 Å². The summed E-state index contributed by atoms with van der Waals surface area (Å²) in [6.45, 7) is 5.90. The molecule has 0 aliphatic rings. The van der Waals surface area contributed by atoms with Gasteiger partial charge >= 0.3 is 0 Å². The zero-order valence-corrected chi connectivity index (χ0v) is 14.3. The number of carbonyl (C=O) groups is 1. The minimum atomic E-state index is -0.277. The predicted octanol–water partition coefficient (Wildman–Crippen LogP) is 3.70. The molecule has 2 rings (SSSR count). The van der Waals surface area contributed by atoms with Crippen LogP contribution in [0.4, 0.5) is 5.69 Å². The summed E-state index contributed by atoms with van der Waals surface area (Å²) >= 11 is 5.16. The van der Waals surface area contributed by atoms with Crippen molar-refractivity contribution >= 4 is 28.9 Å². The number of aryl methyl sites for hydroxylation is 3. The lowest BCUT2D eigenvalue weighted by atomic mass is 10.1. The number of anilines is 1. The van der Waals surface area contributed by atoms with Crippen molar-refractivity contribution in [1.82, 2.24) is 5.32 Å². The fourth-order valence-corrected chi connectivity index (χ4v) is 2.54. The Morgan fingerprint density at radius 1 is 1.13 bits per heavy atom. The highest BCUT2D eigenvalue weighted by Crippen LogP contribution is 2.24. The second kappa shape index (κ2) is 7.24. The fraction of sp³-hybridized carbons (Fsp3) is 0.222. The van der Waals surface area contributed by atoms with Gasteiger partial charge in [-0.3, -0.25) is 10.1 Å². The molecule has 0 radical (unpaired) electrons. The third-order valence-electron chi connectivity index (χ3n) is 3.43. The summed E-state index contributed by atoms with van der Waals surface area (Å²) in [5, 5.41) is 15.5. The maximum Gasteiger partial charge on any atom is 0.257 e. The Balaban J connectivity index is 2.08. The molecule has 0 aromatic heterocycles. The number of phenols is 1. The Morgan fingerprint density at radius 3 is 2.39 bits per heavy atom. The maximum atomic E-state index is 12.3. The van der Waals surface area contributed by atoms with Crippen LogP contribution in [-0.4, -0.2) is 16.1 Å². The molecule has 3 N–H and O–H groups in total. The van der Waals surface area contributed by atoms with Crippen molar-refractivity contribution in [3.8, 4) is 5.75 Å². The second-order valence-electron chi connectivity index (χ2n) is 5.49. The van der Waals surface area contributed by atoms with Crippen LogP contribution < -0.4 is 10.6 Å². The van der Waals surface area contributed by atoms with Crippen LogP contribution in [0.1, 0.15) is 34.0 Å². The van der Waals surface area contributed by atoms with Crippen molar-refractivity contribution in [2.75, 3.05) is 5.32 Å². The van der Waals surface area contributed by atoms with E-state index in [2.05, 4.69) is 10.6 Å². The van der Waals surface area contributed by atoms with Crippen LogP contribution in [0.25, 0.3) is 0 Å². The molecule has 0 spiro atoms. The van der Waals surface area contributed by atoms with Crippen molar-refractivity contribution in [1.29, 1.82) is 0 Å². The third kappa shape index (κ3) is 4.53. The maximum absolute atomic E-state index is 12.3. The number of hydrogen-bond acceptors (Lipinski definition) is 3. The molecule has 0 bridgehead atoms. The standard InChI is InChI=1S/C18H20N2O2S/c1-4-13-5-6-16(21)15(10-13)19-18(23)20-17(22)14-8-11(2)7-12(3)9-14/h5-10,21H,4H2,1-3H3,(H2,19,20,22,23). The number of phenolic OH excluding ortho intramolecular Hbond substituents is 1. The topological polar surface area (TPSA) is 61.4 Å². The summed E-state index contributed by atoms with van der Waals surface area (Å²) in [5.41, 5.74) is 4.13. The lowest BCUT2D eigenvalue weighted by Crippen LogP contribution is -2.34. The van der Waals surface area contributed by atoms with E-state index in [-0.39, 0.29) is 16.8 Å². The van der Waals surface area contributed by atoms with E-state index >= 15 is 0 Å². The highest BCUT2D eigenvalue weighted by molar-refractivity contribution is 7.80. The first-order chi connectivity index (χ1) is 10.9. The van der Waals surface area contributed by atoms with E-state index in [1.807, 2.05) is 39.0 Å². The molecule has 23 heavy (non-hydrogen) atoms. The highest BCUT2D eigenvalue weighted by atomic mass is 32.1. The highest BCUT2D eigenvalue weighted by Gasteiger charge is 2.10. The molecule has 2 aromatic rings. The van der Waals surface area contributed by atoms with Crippen LogP contribution in [0.5, 0.6) is 5.75 Å². The SMILES string of the molecule is CCc1ccc(O)c(NC(=S)NC(=O)c2cc(C)cc(C)c2)c1. The van der Waals surface area contributed by atoms with Crippen LogP contribution in [0.2, 0.25) is 0 Å². The van der Waals surface area contributed by atoms with Gasteiger partial charge in [0.15, 0.2) is 5.11 Å². The van der Waals surface area contributed by atoms with E-state index in [9.17, 15) is 9.90 Å². The quantitative estimate of drug-likeness (QED) is 0.594. The molecule has 1 amide bonds. The Bertz CT molecular complexity index is 736. The van der Waals surface area contributed by atoms with Crippen molar-refractivity contribution in [3.63, 3.8) is 0 Å². The number of rotatable bonds is 3. The van der Waals surface area contributed by atoms with Gasteiger partial charge in [0.1, 0.15) is 5.75 Å². The molecular weight excluding hydrogens is 308 g/mol. The third-order valence-corrected chi connectivity index (χ3v) is 3.63. The monoisotopic (exact) mass is 328 g/mol.